The number of hydrogen-bond donors (Lipinski definition) is 2. The summed E-state index contributed by atoms with van der Waals surface area (Å²) >= 11 is 0. The van der Waals surface area contributed by atoms with Gasteiger partial charge in [0, 0.05) is 50.9 Å². The summed E-state index contributed by atoms with van der Waals surface area (Å²) in [6, 6.07) is 0. The lowest BCUT2D eigenvalue weighted by Gasteiger charge is -2.60. The molecule has 17 heteroatoms. The first-order valence-corrected chi connectivity index (χ1v) is 23.8. The Balaban J connectivity index is 0.896. The van der Waals surface area contributed by atoms with Gasteiger partial charge in [-0.05, 0) is 109 Å². The lowest BCUT2D eigenvalue weighted by Crippen LogP contribution is -2.70. The molecule has 2 spiro atoms. The van der Waals surface area contributed by atoms with Crippen molar-refractivity contribution in [2.45, 2.75) is 180 Å². The minimum absolute atomic E-state index is 0.00543. The number of hydrogen-bond acceptors (Lipinski definition) is 14. The van der Waals surface area contributed by atoms with Crippen LogP contribution >= 0.6 is 0 Å². The number of ether oxygens (including phenoxy) is 5. The second kappa shape index (κ2) is 17.6. The van der Waals surface area contributed by atoms with Crippen molar-refractivity contribution >= 4 is 23.7 Å². The minimum atomic E-state index is -0.950. The molecule has 10 rings (SSSR count). The smallest absolute Gasteiger partial charge is 0.326 e. The van der Waals surface area contributed by atoms with E-state index in [0.29, 0.717) is 24.7 Å². The van der Waals surface area contributed by atoms with Crippen LogP contribution in [0.1, 0.15) is 127 Å². The number of fused-ring (bicyclic) bond motifs is 4. The molecule has 8 saturated heterocycles. The van der Waals surface area contributed by atoms with E-state index in [1.54, 1.807) is 20.8 Å². The van der Waals surface area contributed by atoms with Crippen LogP contribution in [0.2, 0.25) is 0 Å². The fraction of sp³-hybridized carbons (Fsp3) is 0.913. The number of carbonyl (C=O) groups is 4. The third-order valence-electron chi connectivity index (χ3n) is 16.2. The summed E-state index contributed by atoms with van der Waals surface area (Å²) in [5.41, 5.74) is 3.70. The van der Waals surface area contributed by atoms with E-state index in [0.717, 1.165) is 38.5 Å². The van der Waals surface area contributed by atoms with E-state index in [1.165, 1.54) is 9.80 Å². The average molecular weight is 891 g/mol. The third-order valence-corrected chi connectivity index (χ3v) is 16.2. The molecule has 356 valence electrons. The highest BCUT2D eigenvalue weighted by molar-refractivity contribution is 5.85. The fourth-order valence-corrected chi connectivity index (χ4v) is 12.9. The van der Waals surface area contributed by atoms with Gasteiger partial charge in [-0.15, -0.1) is 0 Å². The van der Waals surface area contributed by atoms with Crippen LogP contribution in [-0.4, -0.2) is 126 Å². The maximum atomic E-state index is 14.3. The molecule has 17 nitrogen and oxygen atoms in total. The second-order valence-corrected chi connectivity index (χ2v) is 21.7. The summed E-state index contributed by atoms with van der Waals surface area (Å²) in [7, 11) is 0. The zero-order valence-corrected chi connectivity index (χ0v) is 39.0. The predicted molar refractivity (Wildman–Crippen MR) is 224 cm³/mol. The van der Waals surface area contributed by atoms with Gasteiger partial charge in [-0.25, -0.2) is 19.6 Å². The number of nitrogens with zero attached hydrogens (tertiary/aromatic N) is 2. The molecule has 0 radical (unpaired) electrons. The zero-order valence-electron chi connectivity index (χ0n) is 39.0. The van der Waals surface area contributed by atoms with Crippen molar-refractivity contribution in [1.82, 2.24) is 15.1 Å². The molecule has 10 aliphatic rings. The van der Waals surface area contributed by atoms with Gasteiger partial charge >= 0.3 is 5.97 Å². The fourth-order valence-electron chi connectivity index (χ4n) is 12.9. The van der Waals surface area contributed by atoms with E-state index in [9.17, 15) is 19.2 Å². The number of esters is 1. The molecule has 8 heterocycles. The molecule has 0 unspecified atom stereocenters. The van der Waals surface area contributed by atoms with E-state index in [1.807, 2.05) is 13.8 Å². The summed E-state index contributed by atoms with van der Waals surface area (Å²) in [5.74, 6) is -2.23. The largest absolute Gasteiger partial charge is 0.459 e. The van der Waals surface area contributed by atoms with E-state index < -0.39 is 65.0 Å². The Morgan fingerprint density at radius 3 is 1.60 bits per heavy atom. The van der Waals surface area contributed by atoms with Gasteiger partial charge < -0.3 is 44.5 Å². The Hall–Kier alpha value is -2.48. The van der Waals surface area contributed by atoms with Gasteiger partial charge in [0.2, 0.25) is 29.3 Å². The lowest BCUT2D eigenvalue weighted by molar-refractivity contribution is -0.571. The van der Waals surface area contributed by atoms with Crippen LogP contribution in [0.25, 0.3) is 0 Å². The number of carbonyl (C=O) groups excluding carboxylic acids is 4. The third kappa shape index (κ3) is 8.81. The summed E-state index contributed by atoms with van der Waals surface area (Å²) in [6.45, 7) is 17.6. The first-order valence-electron chi connectivity index (χ1n) is 23.8. The SMILES string of the molecule is C[C@H]1[C@@H](CC(=O)N(CCN)CC(=O)NCCN(CC(=O)OC(C)(C)C)C(=O)C[C@H]2O[C@@H]3O[C@@]4(C)CC[C@H]5[C@H](C)CC[C@@H]([C@H]2C)[C@@]35OO4)O[C@@H]2O[C@@]3(C)CC[C@H]4[C@H](C)CC[C@@H]1[C@@]24OO3. The van der Waals surface area contributed by atoms with E-state index >= 15 is 0 Å². The normalized spacial score (nSPS) is 43.7. The zero-order chi connectivity index (χ0) is 45.3. The highest BCUT2D eigenvalue weighted by atomic mass is 17.3. The van der Waals surface area contributed by atoms with Gasteiger partial charge in [-0.2, -0.15) is 0 Å². The van der Waals surface area contributed by atoms with E-state index in [4.69, 9.17) is 49.0 Å². The highest BCUT2D eigenvalue weighted by Crippen LogP contribution is 2.62. The number of nitrogens with one attached hydrogen (secondary N) is 1. The first-order chi connectivity index (χ1) is 29.7. The molecule has 0 aromatic rings. The molecule has 4 bridgehead atoms. The highest BCUT2D eigenvalue weighted by Gasteiger charge is 2.71. The van der Waals surface area contributed by atoms with Crippen LogP contribution in [0.5, 0.6) is 0 Å². The molecule has 8 aliphatic heterocycles. The maximum Gasteiger partial charge on any atom is 0.326 e. The van der Waals surface area contributed by atoms with E-state index in [2.05, 4.69) is 33.0 Å². The van der Waals surface area contributed by atoms with Gasteiger partial charge in [-0.3, -0.25) is 19.2 Å². The average Bonchev–Trinajstić information content (AvgIpc) is 3.58. The molecule has 2 saturated carbocycles. The van der Waals surface area contributed by atoms with Gasteiger partial charge in [0.15, 0.2) is 23.8 Å². The summed E-state index contributed by atoms with van der Waals surface area (Å²) in [4.78, 5) is 82.3. The lowest BCUT2D eigenvalue weighted by atomic mass is 9.57. The van der Waals surface area contributed by atoms with Crippen molar-refractivity contribution in [3.05, 3.63) is 0 Å². The van der Waals surface area contributed by atoms with Gasteiger partial charge in [0.25, 0.3) is 0 Å². The molecular formula is C46H74N4O13. The molecule has 63 heavy (non-hydrogen) atoms. The summed E-state index contributed by atoms with van der Waals surface area (Å²) in [5, 5.41) is 2.87. The molecule has 2 aliphatic carbocycles. The maximum absolute atomic E-state index is 14.3. The standard InChI is InChI=1S/C46H74N4O13/c1-26-10-12-32-28(3)34(55-40-45(32)30(26)14-16-43(8,58-40)60-62-45)22-37(52)49(20-18-47)24-36(51)48-19-21-50(25-39(54)57-42(5,6)7)38(53)23-35-29(4)33-13-11-27(2)31-15-17-44(9)59-41(56-35)46(31,33)63-61-44/h26-35,40-41H,10-25,47H2,1-9H3,(H,48,51)/t26-,27-,28-,29-,30+,31+,32+,33+,34-,35-,40-,41-,43-,44-,45-,46-/m1/s1. The number of amides is 3. The number of rotatable bonds is 13. The summed E-state index contributed by atoms with van der Waals surface area (Å²) in [6.07, 6.45) is 4.72. The van der Waals surface area contributed by atoms with Crippen LogP contribution in [0.4, 0.5) is 0 Å². The van der Waals surface area contributed by atoms with Crippen LogP contribution in [0, 0.1) is 47.3 Å². The molecular weight excluding hydrogens is 817 g/mol. The minimum Gasteiger partial charge on any atom is -0.459 e. The topological polar surface area (TPSA) is 196 Å². The van der Waals surface area contributed by atoms with Crippen molar-refractivity contribution in [3.8, 4) is 0 Å². The van der Waals surface area contributed by atoms with Crippen LogP contribution in [0.3, 0.4) is 0 Å². The van der Waals surface area contributed by atoms with Crippen molar-refractivity contribution in [2.24, 2.45) is 53.1 Å². The van der Waals surface area contributed by atoms with Crippen LogP contribution in [-0.2, 0) is 62.4 Å². The van der Waals surface area contributed by atoms with Crippen LogP contribution in [0.15, 0.2) is 0 Å². The Morgan fingerprint density at radius 2 is 1.14 bits per heavy atom. The Labute approximate surface area is 372 Å². The molecule has 16 atom stereocenters. The van der Waals surface area contributed by atoms with Gasteiger partial charge in [0.05, 0.1) is 31.6 Å². The molecule has 0 aromatic carbocycles. The molecule has 3 N–H and O–H groups in total. The number of nitrogens with two attached hydrogens (primary N) is 1. The Bertz CT molecular complexity index is 1730. The second-order valence-electron chi connectivity index (χ2n) is 21.7. The van der Waals surface area contributed by atoms with Crippen molar-refractivity contribution in [1.29, 1.82) is 0 Å². The van der Waals surface area contributed by atoms with Gasteiger partial charge in [0.1, 0.15) is 12.1 Å². The molecule has 0 aromatic heterocycles. The Kier molecular flexibility index (Phi) is 13.2. The van der Waals surface area contributed by atoms with Crippen molar-refractivity contribution < 1.29 is 62.4 Å². The molecule has 3 amide bonds. The van der Waals surface area contributed by atoms with Crippen molar-refractivity contribution in [2.75, 3.05) is 39.3 Å². The molecule has 10 fully saturated rings. The monoisotopic (exact) mass is 891 g/mol. The van der Waals surface area contributed by atoms with Crippen molar-refractivity contribution in [3.63, 3.8) is 0 Å². The van der Waals surface area contributed by atoms with Gasteiger partial charge in [-0.1, -0.05) is 27.7 Å². The van der Waals surface area contributed by atoms with Crippen LogP contribution < -0.4 is 11.1 Å². The summed E-state index contributed by atoms with van der Waals surface area (Å²) < 4.78 is 32.0. The first kappa shape index (κ1) is 47.0. The Morgan fingerprint density at radius 1 is 0.667 bits per heavy atom. The predicted octanol–water partition coefficient (Wildman–Crippen LogP) is 4.34. The quantitative estimate of drug-likeness (QED) is 0.196. The van der Waals surface area contributed by atoms with E-state index in [-0.39, 0.29) is 99.4 Å².